The van der Waals surface area contributed by atoms with E-state index < -0.39 is 0 Å². The van der Waals surface area contributed by atoms with E-state index in [1.807, 2.05) is 6.20 Å². The molecule has 0 fully saturated rings. The summed E-state index contributed by atoms with van der Waals surface area (Å²) in [5.41, 5.74) is 1.10. The van der Waals surface area contributed by atoms with Gasteiger partial charge in [0.2, 0.25) is 0 Å². The highest BCUT2D eigenvalue weighted by atomic mass is 16.3. The molecule has 2 N–H and O–H groups in total. The van der Waals surface area contributed by atoms with Crippen molar-refractivity contribution in [1.82, 2.24) is 15.1 Å². The molecule has 0 aliphatic heterocycles. The van der Waals surface area contributed by atoms with Gasteiger partial charge in [-0.1, -0.05) is 20.4 Å². The molecule has 0 bridgehead atoms. The smallest absolute Gasteiger partial charge is 0.0584 e. The monoisotopic (exact) mass is 223 g/mol. The maximum absolute atomic E-state index is 9.20. The first kappa shape index (κ1) is 12.9. The van der Waals surface area contributed by atoms with Gasteiger partial charge in [0.15, 0.2) is 0 Å². The Bertz CT molecular complexity index is 320. The molecule has 1 unspecified atom stereocenters. The van der Waals surface area contributed by atoms with Gasteiger partial charge >= 0.3 is 0 Å². The molecule has 1 heterocycles. The standard InChI is InChI=1S/C12H21N3O/c1-4-15-8-11(7-14-15)6-13-12(9-16)5-10(2)3/h4,7-8,10,12-13,16H,1,5-6,9H2,2-3H3. The number of nitrogens with one attached hydrogen (secondary N) is 1. The molecule has 0 amide bonds. The predicted molar refractivity (Wildman–Crippen MR) is 65.8 cm³/mol. The minimum atomic E-state index is 0.159. The third-order valence-electron chi connectivity index (χ3n) is 2.41. The zero-order valence-electron chi connectivity index (χ0n) is 10.1. The molecule has 0 aliphatic carbocycles. The molecule has 90 valence electrons. The van der Waals surface area contributed by atoms with Gasteiger partial charge < -0.3 is 10.4 Å². The number of hydrogen-bond donors (Lipinski definition) is 2. The number of aliphatic hydroxyl groups is 1. The van der Waals surface area contributed by atoms with Gasteiger partial charge in [-0.15, -0.1) is 0 Å². The van der Waals surface area contributed by atoms with Crippen LogP contribution in [-0.2, 0) is 6.54 Å². The van der Waals surface area contributed by atoms with E-state index in [1.165, 1.54) is 0 Å². The lowest BCUT2D eigenvalue weighted by atomic mass is 10.0. The van der Waals surface area contributed by atoms with E-state index >= 15 is 0 Å². The zero-order valence-corrected chi connectivity index (χ0v) is 10.1. The summed E-state index contributed by atoms with van der Waals surface area (Å²) in [5, 5.41) is 16.6. The minimum absolute atomic E-state index is 0.159. The second-order valence-electron chi connectivity index (χ2n) is 4.40. The molecule has 16 heavy (non-hydrogen) atoms. The molecule has 0 saturated carbocycles. The van der Waals surface area contributed by atoms with Crippen molar-refractivity contribution in [2.45, 2.75) is 32.9 Å². The molecule has 0 aliphatic rings. The SMILES string of the molecule is C=Cn1cc(CNC(CO)CC(C)C)cn1. The second kappa shape index (κ2) is 6.45. The van der Waals surface area contributed by atoms with Crippen molar-refractivity contribution in [1.29, 1.82) is 0 Å². The summed E-state index contributed by atoms with van der Waals surface area (Å²) in [7, 11) is 0. The van der Waals surface area contributed by atoms with Crippen molar-refractivity contribution in [3.8, 4) is 0 Å². The van der Waals surface area contributed by atoms with E-state index in [0.717, 1.165) is 18.5 Å². The van der Waals surface area contributed by atoms with E-state index in [-0.39, 0.29) is 12.6 Å². The van der Waals surface area contributed by atoms with E-state index in [2.05, 4.69) is 30.8 Å². The van der Waals surface area contributed by atoms with Crippen LogP contribution in [0, 0.1) is 5.92 Å². The Morgan fingerprint density at radius 3 is 2.88 bits per heavy atom. The van der Waals surface area contributed by atoms with E-state index in [0.29, 0.717) is 5.92 Å². The molecule has 0 saturated heterocycles. The maximum Gasteiger partial charge on any atom is 0.0584 e. The Balaban J connectivity index is 2.39. The Kier molecular flexibility index (Phi) is 5.22. The van der Waals surface area contributed by atoms with Gasteiger partial charge in [-0.2, -0.15) is 5.10 Å². The van der Waals surface area contributed by atoms with Gasteiger partial charge in [-0.25, -0.2) is 4.68 Å². The molecule has 4 heteroatoms. The third-order valence-corrected chi connectivity index (χ3v) is 2.41. The quantitative estimate of drug-likeness (QED) is 0.736. The summed E-state index contributed by atoms with van der Waals surface area (Å²) in [6, 6.07) is 0.159. The first-order valence-corrected chi connectivity index (χ1v) is 5.65. The Labute approximate surface area is 97.0 Å². The van der Waals surface area contributed by atoms with Crippen LogP contribution in [0.25, 0.3) is 6.20 Å². The summed E-state index contributed by atoms with van der Waals surface area (Å²) in [4.78, 5) is 0. The molecule has 0 radical (unpaired) electrons. The Morgan fingerprint density at radius 2 is 2.38 bits per heavy atom. The number of aromatic nitrogens is 2. The molecule has 0 aromatic carbocycles. The largest absolute Gasteiger partial charge is 0.395 e. The van der Waals surface area contributed by atoms with E-state index in [4.69, 9.17) is 0 Å². The van der Waals surface area contributed by atoms with Crippen molar-refractivity contribution in [2.24, 2.45) is 5.92 Å². The van der Waals surface area contributed by atoms with Crippen molar-refractivity contribution in [3.05, 3.63) is 24.5 Å². The lowest BCUT2D eigenvalue weighted by Gasteiger charge is -2.17. The Hall–Kier alpha value is -1.13. The molecule has 1 aromatic heterocycles. The van der Waals surface area contributed by atoms with Crippen LogP contribution in [0.1, 0.15) is 25.8 Å². The van der Waals surface area contributed by atoms with Crippen LogP contribution in [-0.4, -0.2) is 27.5 Å². The van der Waals surface area contributed by atoms with Gasteiger partial charge in [0.05, 0.1) is 12.8 Å². The van der Waals surface area contributed by atoms with Crippen molar-refractivity contribution < 1.29 is 5.11 Å². The van der Waals surface area contributed by atoms with Crippen molar-refractivity contribution >= 4 is 6.20 Å². The average molecular weight is 223 g/mol. The van der Waals surface area contributed by atoms with Gasteiger partial charge in [-0.05, 0) is 12.3 Å². The first-order chi connectivity index (χ1) is 7.65. The normalized spacial score (nSPS) is 13.0. The van der Waals surface area contributed by atoms with Gasteiger partial charge in [-0.3, -0.25) is 0 Å². The highest BCUT2D eigenvalue weighted by Gasteiger charge is 2.09. The minimum Gasteiger partial charge on any atom is -0.395 e. The molecule has 1 atom stereocenters. The fraction of sp³-hybridized carbons (Fsp3) is 0.583. The molecule has 0 spiro atoms. The van der Waals surface area contributed by atoms with Gasteiger partial charge in [0.25, 0.3) is 0 Å². The van der Waals surface area contributed by atoms with E-state index in [9.17, 15) is 5.11 Å². The number of rotatable bonds is 7. The number of hydrogen-bond acceptors (Lipinski definition) is 3. The van der Waals surface area contributed by atoms with Crippen LogP contribution in [0.2, 0.25) is 0 Å². The third kappa shape index (κ3) is 4.16. The zero-order chi connectivity index (χ0) is 12.0. The lowest BCUT2D eigenvalue weighted by molar-refractivity contribution is 0.223. The number of aliphatic hydroxyl groups excluding tert-OH is 1. The van der Waals surface area contributed by atoms with Crippen molar-refractivity contribution in [2.75, 3.05) is 6.61 Å². The summed E-state index contributed by atoms with van der Waals surface area (Å²) < 4.78 is 1.67. The molecule has 1 aromatic rings. The second-order valence-corrected chi connectivity index (χ2v) is 4.40. The molecular formula is C12H21N3O. The van der Waals surface area contributed by atoms with Gasteiger partial charge in [0, 0.05) is 30.5 Å². The fourth-order valence-electron chi connectivity index (χ4n) is 1.62. The van der Waals surface area contributed by atoms with E-state index in [1.54, 1.807) is 17.1 Å². The summed E-state index contributed by atoms with van der Waals surface area (Å²) in [6.45, 7) is 8.84. The van der Waals surface area contributed by atoms with Crippen LogP contribution in [0.3, 0.4) is 0 Å². The highest BCUT2D eigenvalue weighted by Crippen LogP contribution is 2.05. The fourth-order valence-corrected chi connectivity index (χ4v) is 1.62. The van der Waals surface area contributed by atoms with Gasteiger partial charge in [0.1, 0.15) is 0 Å². The number of nitrogens with zero attached hydrogens (tertiary/aromatic N) is 2. The first-order valence-electron chi connectivity index (χ1n) is 5.65. The average Bonchev–Trinajstić information content (AvgIpc) is 2.71. The lowest BCUT2D eigenvalue weighted by Crippen LogP contribution is -2.33. The maximum atomic E-state index is 9.20. The van der Waals surface area contributed by atoms with Crippen LogP contribution >= 0.6 is 0 Å². The predicted octanol–water partition coefficient (Wildman–Crippen LogP) is 1.48. The summed E-state index contributed by atoms with van der Waals surface area (Å²) >= 11 is 0. The molecular weight excluding hydrogens is 202 g/mol. The molecule has 1 rings (SSSR count). The topological polar surface area (TPSA) is 50.1 Å². The van der Waals surface area contributed by atoms with Crippen LogP contribution in [0.5, 0.6) is 0 Å². The Morgan fingerprint density at radius 1 is 1.62 bits per heavy atom. The van der Waals surface area contributed by atoms with Crippen molar-refractivity contribution in [3.63, 3.8) is 0 Å². The molecule has 4 nitrogen and oxygen atoms in total. The van der Waals surface area contributed by atoms with Crippen LogP contribution < -0.4 is 5.32 Å². The van der Waals surface area contributed by atoms with Crippen LogP contribution in [0.15, 0.2) is 19.0 Å². The highest BCUT2D eigenvalue weighted by molar-refractivity contribution is 5.17. The summed E-state index contributed by atoms with van der Waals surface area (Å²) in [5.74, 6) is 0.584. The summed E-state index contributed by atoms with van der Waals surface area (Å²) in [6.07, 6.45) is 6.36. The van der Waals surface area contributed by atoms with Crippen LogP contribution in [0.4, 0.5) is 0 Å².